The highest BCUT2D eigenvalue weighted by Crippen LogP contribution is 2.11. The maximum absolute atomic E-state index is 10.7. The summed E-state index contributed by atoms with van der Waals surface area (Å²) >= 11 is 0. The van der Waals surface area contributed by atoms with E-state index in [0.29, 0.717) is 5.56 Å². The normalized spacial score (nSPS) is 8.81. The standard InChI is InChI=1S/C11H9NO4/c1-16-10(13)3-2-7-4-8(11(14)15)6-9(12)5-7/h4-6H,12H2,1H3,(H,14,15). The van der Waals surface area contributed by atoms with E-state index in [0.717, 1.165) is 0 Å². The van der Waals surface area contributed by atoms with Gasteiger partial charge < -0.3 is 15.6 Å². The zero-order valence-electron chi connectivity index (χ0n) is 8.48. The minimum absolute atomic E-state index is 0.0224. The highest BCUT2D eigenvalue weighted by molar-refractivity contribution is 5.91. The number of rotatable bonds is 1. The van der Waals surface area contributed by atoms with Crippen LogP contribution in [-0.2, 0) is 9.53 Å². The van der Waals surface area contributed by atoms with Gasteiger partial charge in [-0.25, -0.2) is 9.59 Å². The van der Waals surface area contributed by atoms with Crippen LogP contribution >= 0.6 is 0 Å². The third-order valence-electron chi connectivity index (χ3n) is 1.70. The molecular weight excluding hydrogens is 210 g/mol. The third kappa shape index (κ3) is 3.03. The number of aromatic carboxylic acids is 1. The van der Waals surface area contributed by atoms with Gasteiger partial charge in [-0.05, 0) is 18.2 Å². The van der Waals surface area contributed by atoms with Gasteiger partial charge >= 0.3 is 11.9 Å². The van der Waals surface area contributed by atoms with Crippen LogP contribution in [0.5, 0.6) is 0 Å². The Morgan fingerprint density at radius 3 is 2.62 bits per heavy atom. The van der Waals surface area contributed by atoms with Gasteiger partial charge in [-0.1, -0.05) is 5.92 Å². The van der Waals surface area contributed by atoms with E-state index in [9.17, 15) is 9.59 Å². The van der Waals surface area contributed by atoms with Gasteiger partial charge in [0, 0.05) is 17.2 Å². The number of carbonyl (C=O) groups excluding carboxylic acids is 1. The average Bonchev–Trinajstić information content (AvgIpc) is 2.25. The van der Waals surface area contributed by atoms with Crippen molar-refractivity contribution in [2.24, 2.45) is 0 Å². The molecule has 0 radical (unpaired) electrons. The number of carboxylic acids is 1. The summed E-state index contributed by atoms with van der Waals surface area (Å²) < 4.78 is 4.32. The van der Waals surface area contributed by atoms with Crippen LogP contribution in [-0.4, -0.2) is 24.2 Å². The molecule has 1 aromatic carbocycles. The predicted molar refractivity (Wildman–Crippen MR) is 56.7 cm³/mol. The van der Waals surface area contributed by atoms with Gasteiger partial charge in [0.15, 0.2) is 0 Å². The monoisotopic (exact) mass is 219 g/mol. The molecule has 0 atom stereocenters. The number of benzene rings is 1. The van der Waals surface area contributed by atoms with E-state index < -0.39 is 11.9 Å². The molecule has 0 bridgehead atoms. The maximum Gasteiger partial charge on any atom is 0.384 e. The van der Waals surface area contributed by atoms with Crippen LogP contribution in [0.25, 0.3) is 0 Å². The molecule has 0 spiro atoms. The van der Waals surface area contributed by atoms with Crippen molar-refractivity contribution in [1.82, 2.24) is 0 Å². The van der Waals surface area contributed by atoms with Crippen LogP contribution in [0.4, 0.5) is 5.69 Å². The second-order valence-corrected chi connectivity index (χ2v) is 2.89. The third-order valence-corrected chi connectivity index (χ3v) is 1.70. The number of nitrogen functional groups attached to an aromatic ring is 1. The Labute approximate surface area is 91.8 Å². The molecule has 0 saturated heterocycles. The highest BCUT2D eigenvalue weighted by Gasteiger charge is 2.04. The van der Waals surface area contributed by atoms with Crippen LogP contribution < -0.4 is 5.73 Å². The van der Waals surface area contributed by atoms with E-state index in [1.54, 1.807) is 0 Å². The SMILES string of the molecule is COC(=O)C#Cc1cc(N)cc(C(=O)O)c1. The molecule has 5 heteroatoms. The molecule has 0 heterocycles. The fraction of sp³-hybridized carbons (Fsp3) is 0.0909. The molecule has 1 aromatic rings. The summed E-state index contributed by atoms with van der Waals surface area (Å²) in [5, 5.41) is 8.76. The second-order valence-electron chi connectivity index (χ2n) is 2.89. The molecule has 0 aromatic heterocycles. The first kappa shape index (κ1) is 11.6. The Kier molecular flexibility index (Phi) is 3.51. The number of methoxy groups -OCH3 is 1. The number of esters is 1. The molecule has 3 N–H and O–H groups in total. The molecule has 0 saturated carbocycles. The van der Waals surface area contributed by atoms with E-state index in [4.69, 9.17) is 10.8 Å². The minimum atomic E-state index is -1.10. The molecule has 0 unspecified atom stereocenters. The first-order valence-electron chi connectivity index (χ1n) is 4.26. The average molecular weight is 219 g/mol. The first-order chi connectivity index (χ1) is 7.52. The Morgan fingerprint density at radius 2 is 2.06 bits per heavy atom. The van der Waals surface area contributed by atoms with Crippen LogP contribution in [0.15, 0.2) is 18.2 Å². The smallest absolute Gasteiger partial charge is 0.384 e. The Morgan fingerprint density at radius 1 is 1.38 bits per heavy atom. The van der Waals surface area contributed by atoms with Gasteiger partial charge in [-0.2, -0.15) is 0 Å². The van der Waals surface area contributed by atoms with Crippen molar-refractivity contribution in [3.63, 3.8) is 0 Å². The summed E-state index contributed by atoms with van der Waals surface area (Å²) in [4.78, 5) is 21.4. The van der Waals surface area contributed by atoms with Gasteiger partial charge in [0.05, 0.1) is 12.7 Å². The van der Waals surface area contributed by atoms with Crippen LogP contribution in [0, 0.1) is 11.8 Å². The molecule has 1 rings (SSSR count). The zero-order chi connectivity index (χ0) is 12.1. The molecular formula is C11H9NO4. The Bertz CT molecular complexity index is 496. The van der Waals surface area contributed by atoms with Crippen LogP contribution in [0.1, 0.15) is 15.9 Å². The molecule has 82 valence electrons. The van der Waals surface area contributed by atoms with E-state index in [1.165, 1.54) is 25.3 Å². The lowest BCUT2D eigenvalue weighted by Crippen LogP contribution is -1.99. The quantitative estimate of drug-likeness (QED) is 0.407. The summed E-state index contributed by atoms with van der Waals surface area (Å²) in [5.74, 6) is 2.85. The highest BCUT2D eigenvalue weighted by atomic mass is 16.5. The van der Waals surface area contributed by atoms with Crippen molar-refractivity contribution >= 4 is 17.6 Å². The molecule has 0 aliphatic carbocycles. The number of carbonyl (C=O) groups is 2. The van der Waals surface area contributed by atoms with Crippen LogP contribution in [0.2, 0.25) is 0 Å². The van der Waals surface area contributed by atoms with Crippen molar-refractivity contribution in [1.29, 1.82) is 0 Å². The molecule has 0 aliphatic heterocycles. The molecule has 0 aliphatic rings. The number of hydrogen-bond acceptors (Lipinski definition) is 4. The number of ether oxygens (including phenoxy) is 1. The predicted octanol–water partition coefficient (Wildman–Crippen LogP) is 0.492. The Balaban J connectivity index is 3.09. The Hall–Kier alpha value is -2.48. The number of anilines is 1. The van der Waals surface area contributed by atoms with Gasteiger partial charge in [0.2, 0.25) is 0 Å². The molecule has 0 fully saturated rings. The number of carboxylic acid groups (broad SMARTS) is 1. The summed E-state index contributed by atoms with van der Waals surface area (Å²) in [6.45, 7) is 0. The fourth-order valence-corrected chi connectivity index (χ4v) is 1.02. The molecule has 5 nitrogen and oxygen atoms in total. The van der Waals surface area contributed by atoms with Crippen LogP contribution in [0.3, 0.4) is 0 Å². The maximum atomic E-state index is 10.7. The number of nitrogens with two attached hydrogens (primary N) is 1. The van der Waals surface area contributed by atoms with Crippen molar-refractivity contribution in [3.8, 4) is 11.8 Å². The van der Waals surface area contributed by atoms with Crippen molar-refractivity contribution < 1.29 is 19.4 Å². The van der Waals surface area contributed by atoms with Gasteiger partial charge in [-0.3, -0.25) is 0 Å². The zero-order valence-corrected chi connectivity index (χ0v) is 8.48. The topological polar surface area (TPSA) is 89.6 Å². The minimum Gasteiger partial charge on any atom is -0.478 e. The van der Waals surface area contributed by atoms with E-state index in [1.807, 2.05) is 0 Å². The van der Waals surface area contributed by atoms with E-state index in [-0.39, 0.29) is 11.3 Å². The first-order valence-corrected chi connectivity index (χ1v) is 4.26. The summed E-state index contributed by atoms with van der Waals surface area (Å²) in [5.41, 5.74) is 6.13. The lowest BCUT2D eigenvalue weighted by atomic mass is 10.1. The summed E-state index contributed by atoms with van der Waals surface area (Å²) in [6.07, 6.45) is 0. The molecule has 0 amide bonds. The van der Waals surface area contributed by atoms with E-state index >= 15 is 0 Å². The molecule has 16 heavy (non-hydrogen) atoms. The fourth-order valence-electron chi connectivity index (χ4n) is 1.02. The van der Waals surface area contributed by atoms with Gasteiger partial charge in [0.25, 0.3) is 0 Å². The van der Waals surface area contributed by atoms with Crippen molar-refractivity contribution in [2.75, 3.05) is 12.8 Å². The summed E-state index contributed by atoms with van der Waals surface area (Å²) in [6, 6.07) is 4.11. The second kappa shape index (κ2) is 4.84. The lowest BCUT2D eigenvalue weighted by molar-refractivity contribution is -0.133. The summed E-state index contributed by atoms with van der Waals surface area (Å²) in [7, 11) is 1.21. The van der Waals surface area contributed by atoms with Gasteiger partial charge in [0.1, 0.15) is 0 Å². The van der Waals surface area contributed by atoms with E-state index in [2.05, 4.69) is 16.6 Å². The number of hydrogen-bond donors (Lipinski definition) is 2. The largest absolute Gasteiger partial charge is 0.478 e. The lowest BCUT2D eigenvalue weighted by Gasteiger charge is -1.98. The van der Waals surface area contributed by atoms with Gasteiger partial charge in [-0.15, -0.1) is 0 Å². The van der Waals surface area contributed by atoms with Crippen molar-refractivity contribution in [3.05, 3.63) is 29.3 Å². The van der Waals surface area contributed by atoms with Crippen molar-refractivity contribution in [2.45, 2.75) is 0 Å².